The molecular formula is C24H21N3O2S. The molecule has 0 radical (unpaired) electrons. The predicted molar refractivity (Wildman–Crippen MR) is 118 cm³/mol. The monoisotopic (exact) mass is 415 g/mol. The highest BCUT2D eigenvalue weighted by atomic mass is 32.2. The Morgan fingerprint density at radius 2 is 1.37 bits per heavy atom. The van der Waals surface area contributed by atoms with Gasteiger partial charge in [0.25, 0.3) is 5.22 Å². The molecule has 0 saturated carbocycles. The van der Waals surface area contributed by atoms with Gasteiger partial charge in [-0.2, -0.15) is 0 Å². The fourth-order valence-electron chi connectivity index (χ4n) is 3.07. The number of nitrogens with one attached hydrogen (secondary N) is 1. The molecular weight excluding hydrogens is 394 g/mol. The van der Waals surface area contributed by atoms with Crippen LogP contribution in [0, 0.1) is 0 Å². The Morgan fingerprint density at radius 3 is 1.93 bits per heavy atom. The normalized spacial score (nSPS) is 11.9. The van der Waals surface area contributed by atoms with E-state index in [0.717, 1.165) is 16.7 Å². The number of hydrogen-bond acceptors (Lipinski definition) is 5. The molecule has 0 aliphatic carbocycles. The Balaban J connectivity index is 1.47. The van der Waals surface area contributed by atoms with E-state index in [2.05, 4.69) is 15.5 Å². The second-order valence-electron chi connectivity index (χ2n) is 6.76. The topological polar surface area (TPSA) is 68.0 Å². The minimum atomic E-state index is -0.399. The molecule has 0 fully saturated rings. The van der Waals surface area contributed by atoms with Gasteiger partial charge in [-0.05, 0) is 30.2 Å². The third-order valence-electron chi connectivity index (χ3n) is 4.63. The number of benzene rings is 3. The number of carbonyl (C=O) groups is 1. The number of rotatable bonds is 7. The lowest BCUT2D eigenvalue weighted by Crippen LogP contribution is -2.34. The molecule has 0 spiro atoms. The molecule has 6 heteroatoms. The highest BCUT2D eigenvalue weighted by Gasteiger charge is 2.23. The van der Waals surface area contributed by atoms with Crippen LogP contribution in [-0.2, 0) is 4.79 Å². The lowest BCUT2D eigenvalue weighted by Gasteiger charge is -2.21. The van der Waals surface area contributed by atoms with E-state index in [0.29, 0.717) is 11.1 Å². The highest BCUT2D eigenvalue weighted by Crippen LogP contribution is 2.27. The van der Waals surface area contributed by atoms with Crippen LogP contribution in [-0.4, -0.2) is 21.4 Å². The first kappa shape index (κ1) is 19.9. The quantitative estimate of drug-likeness (QED) is 0.424. The van der Waals surface area contributed by atoms with E-state index in [4.69, 9.17) is 4.42 Å². The van der Waals surface area contributed by atoms with Crippen LogP contribution < -0.4 is 5.32 Å². The molecule has 0 aliphatic rings. The fourth-order valence-corrected chi connectivity index (χ4v) is 3.76. The third-order valence-corrected chi connectivity index (χ3v) is 5.56. The van der Waals surface area contributed by atoms with Crippen LogP contribution in [0.5, 0.6) is 0 Å². The number of carbonyl (C=O) groups excluding carboxylic acids is 1. The molecule has 1 aromatic heterocycles. The molecule has 5 nitrogen and oxygen atoms in total. The Bertz CT molecular complexity index is 1050. The molecule has 1 N–H and O–H groups in total. The van der Waals surface area contributed by atoms with Gasteiger partial charge in [-0.3, -0.25) is 4.79 Å². The van der Waals surface area contributed by atoms with E-state index >= 15 is 0 Å². The fraction of sp³-hybridized carbons (Fsp3) is 0.125. The first-order valence-corrected chi connectivity index (χ1v) is 10.5. The summed E-state index contributed by atoms with van der Waals surface area (Å²) in [6.07, 6.45) is 0. The maximum atomic E-state index is 13.0. The SMILES string of the molecule is C[C@@H](Sc1nnc(-c2ccccc2)o1)C(=O)NC(c1ccccc1)c1ccccc1. The van der Waals surface area contributed by atoms with Gasteiger partial charge < -0.3 is 9.73 Å². The largest absolute Gasteiger partial charge is 0.411 e. The van der Waals surface area contributed by atoms with Crippen LogP contribution in [0.15, 0.2) is 101 Å². The molecule has 30 heavy (non-hydrogen) atoms. The smallest absolute Gasteiger partial charge is 0.277 e. The Labute approximate surface area is 179 Å². The van der Waals surface area contributed by atoms with Gasteiger partial charge in [-0.1, -0.05) is 90.6 Å². The van der Waals surface area contributed by atoms with Crippen LogP contribution in [0.2, 0.25) is 0 Å². The van der Waals surface area contributed by atoms with Crippen molar-refractivity contribution in [3.63, 3.8) is 0 Å². The van der Waals surface area contributed by atoms with E-state index < -0.39 is 5.25 Å². The van der Waals surface area contributed by atoms with Gasteiger partial charge in [0, 0.05) is 5.56 Å². The third kappa shape index (κ3) is 4.78. The average Bonchev–Trinajstić information content (AvgIpc) is 3.27. The van der Waals surface area contributed by atoms with Crippen LogP contribution in [0.25, 0.3) is 11.5 Å². The van der Waals surface area contributed by atoms with Gasteiger partial charge in [0.05, 0.1) is 11.3 Å². The number of amides is 1. The summed E-state index contributed by atoms with van der Waals surface area (Å²) in [6.45, 7) is 1.83. The second kappa shape index (κ2) is 9.41. The van der Waals surface area contributed by atoms with Crippen molar-refractivity contribution in [3.05, 3.63) is 102 Å². The summed E-state index contributed by atoms with van der Waals surface area (Å²) in [5.74, 6) is 0.342. The molecule has 150 valence electrons. The lowest BCUT2D eigenvalue weighted by molar-refractivity contribution is -0.120. The molecule has 0 unspecified atom stereocenters. The molecule has 0 saturated heterocycles. The number of nitrogens with zero attached hydrogens (tertiary/aromatic N) is 2. The Kier molecular flexibility index (Phi) is 6.25. The molecule has 1 amide bonds. The van der Waals surface area contributed by atoms with E-state index in [1.54, 1.807) is 0 Å². The van der Waals surface area contributed by atoms with Gasteiger partial charge >= 0.3 is 0 Å². The summed E-state index contributed by atoms with van der Waals surface area (Å²) in [5.41, 5.74) is 2.90. The van der Waals surface area contributed by atoms with Gasteiger partial charge in [0.1, 0.15) is 0 Å². The van der Waals surface area contributed by atoms with Crippen LogP contribution in [0.4, 0.5) is 0 Å². The zero-order chi connectivity index (χ0) is 20.8. The van der Waals surface area contributed by atoms with Crippen molar-refractivity contribution < 1.29 is 9.21 Å². The highest BCUT2D eigenvalue weighted by molar-refractivity contribution is 8.00. The van der Waals surface area contributed by atoms with Gasteiger partial charge in [0.15, 0.2) is 0 Å². The van der Waals surface area contributed by atoms with Crippen LogP contribution in [0.1, 0.15) is 24.1 Å². The minimum absolute atomic E-state index is 0.0998. The zero-order valence-corrected chi connectivity index (χ0v) is 17.3. The molecule has 3 aromatic carbocycles. The number of thioether (sulfide) groups is 1. The van der Waals surface area contributed by atoms with E-state index in [9.17, 15) is 4.79 Å². The Morgan fingerprint density at radius 1 is 0.833 bits per heavy atom. The van der Waals surface area contributed by atoms with Crippen molar-refractivity contribution in [2.75, 3.05) is 0 Å². The summed E-state index contributed by atoms with van der Waals surface area (Å²) in [6, 6.07) is 29.2. The summed E-state index contributed by atoms with van der Waals surface area (Å²) in [5, 5.41) is 11.3. The average molecular weight is 416 g/mol. The van der Waals surface area contributed by atoms with Crippen molar-refractivity contribution in [3.8, 4) is 11.5 Å². The Hall–Kier alpha value is -3.38. The predicted octanol–water partition coefficient (Wildman–Crippen LogP) is 5.12. The molecule has 4 aromatic rings. The number of hydrogen-bond donors (Lipinski definition) is 1. The summed E-state index contributed by atoms with van der Waals surface area (Å²) < 4.78 is 5.73. The first-order chi connectivity index (χ1) is 14.7. The van der Waals surface area contributed by atoms with Gasteiger partial charge in [-0.25, -0.2) is 0 Å². The molecule has 0 aliphatic heterocycles. The van der Waals surface area contributed by atoms with Crippen molar-refractivity contribution in [2.24, 2.45) is 0 Å². The van der Waals surface area contributed by atoms with Crippen molar-refractivity contribution in [2.45, 2.75) is 23.4 Å². The maximum absolute atomic E-state index is 13.0. The second-order valence-corrected chi connectivity index (χ2v) is 8.05. The summed E-state index contributed by atoms with van der Waals surface area (Å²) in [7, 11) is 0. The van der Waals surface area contributed by atoms with Crippen LogP contribution >= 0.6 is 11.8 Å². The van der Waals surface area contributed by atoms with E-state index in [1.165, 1.54) is 11.8 Å². The van der Waals surface area contributed by atoms with Crippen molar-refractivity contribution in [1.29, 1.82) is 0 Å². The maximum Gasteiger partial charge on any atom is 0.277 e. The minimum Gasteiger partial charge on any atom is -0.411 e. The van der Waals surface area contributed by atoms with Gasteiger partial charge in [0.2, 0.25) is 11.8 Å². The lowest BCUT2D eigenvalue weighted by atomic mass is 9.98. The van der Waals surface area contributed by atoms with E-state index in [-0.39, 0.29) is 11.9 Å². The van der Waals surface area contributed by atoms with Crippen LogP contribution in [0.3, 0.4) is 0 Å². The molecule has 0 bridgehead atoms. The summed E-state index contributed by atoms with van der Waals surface area (Å²) >= 11 is 1.25. The zero-order valence-electron chi connectivity index (χ0n) is 16.4. The summed E-state index contributed by atoms with van der Waals surface area (Å²) in [4.78, 5) is 13.0. The molecule has 1 atom stereocenters. The molecule has 4 rings (SSSR count). The first-order valence-electron chi connectivity index (χ1n) is 9.66. The van der Waals surface area contributed by atoms with Crippen molar-refractivity contribution in [1.82, 2.24) is 15.5 Å². The standard InChI is InChI=1S/C24H21N3O2S/c1-17(30-24-27-26-23(29-24)20-15-9-4-10-16-20)22(28)25-21(18-11-5-2-6-12-18)19-13-7-3-8-14-19/h2-17,21H,1H3,(H,25,28)/t17-/m1/s1. The number of aromatic nitrogens is 2. The van der Waals surface area contributed by atoms with Crippen molar-refractivity contribution >= 4 is 17.7 Å². The molecule has 1 heterocycles. The van der Waals surface area contributed by atoms with Gasteiger partial charge in [-0.15, -0.1) is 10.2 Å². The van der Waals surface area contributed by atoms with E-state index in [1.807, 2.05) is 97.9 Å².